The SMILES string of the molecule is COC(=O)C1(C)CCCC2(C)c3ccc(C(C)C)c(Cl)c3CCC12. The van der Waals surface area contributed by atoms with Gasteiger partial charge in [-0.15, -0.1) is 0 Å². The van der Waals surface area contributed by atoms with Crippen LogP contribution in [0.25, 0.3) is 0 Å². The zero-order valence-corrected chi connectivity index (χ0v) is 16.3. The van der Waals surface area contributed by atoms with E-state index < -0.39 is 0 Å². The molecule has 0 saturated heterocycles. The van der Waals surface area contributed by atoms with Crippen LogP contribution in [0.1, 0.15) is 76.0 Å². The Morgan fingerprint density at radius 3 is 2.62 bits per heavy atom. The Hall–Kier alpha value is -1.02. The molecule has 0 amide bonds. The molecule has 132 valence electrons. The van der Waals surface area contributed by atoms with Gasteiger partial charge in [0, 0.05) is 5.02 Å². The molecule has 24 heavy (non-hydrogen) atoms. The first-order valence-electron chi connectivity index (χ1n) is 9.16. The van der Waals surface area contributed by atoms with Crippen molar-refractivity contribution in [2.45, 2.75) is 71.1 Å². The minimum atomic E-state index is -0.386. The molecule has 0 bridgehead atoms. The summed E-state index contributed by atoms with van der Waals surface area (Å²) in [6, 6.07) is 4.48. The molecule has 1 fully saturated rings. The second-order valence-electron chi connectivity index (χ2n) is 8.42. The van der Waals surface area contributed by atoms with E-state index >= 15 is 0 Å². The number of hydrogen-bond donors (Lipinski definition) is 0. The van der Waals surface area contributed by atoms with Crippen LogP contribution in [-0.4, -0.2) is 13.1 Å². The molecule has 1 aromatic rings. The first-order chi connectivity index (χ1) is 11.3. The summed E-state index contributed by atoms with van der Waals surface area (Å²) in [5.41, 5.74) is 3.54. The van der Waals surface area contributed by atoms with Crippen LogP contribution < -0.4 is 0 Å². The lowest BCUT2D eigenvalue weighted by Gasteiger charge is -2.54. The van der Waals surface area contributed by atoms with E-state index in [0.717, 1.165) is 37.1 Å². The molecule has 2 nitrogen and oxygen atoms in total. The smallest absolute Gasteiger partial charge is 0.311 e. The van der Waals surface area contributed by atoms with E-state index in [0.29, 0.717) is 11.8 Å². The highest BCUT2D eigenvalue weighted by atomic mass is 35.5. The van der Waals surface area contributed by atoms with Gasteiger partial charge >= 0.3 is 5.97 Å². The number of methoxy groups -OCH3 is 1. The third kappa shape index (κ3) is 2.41. The summed E-state index contributed by atoms with van der Waals surface area (Å²) in [6.45, 7) is 8.82. The third-order valence-electron chi connectivity index (χ3n) is 6.78. The highest BCUT2D eigenvalue weighted by molar-refractivity contribution is 6.32. The van der Waals surface area contributed by atoms with Crippen molar-refractivity contribution >= 4 is 17.6 Å². The van der Waals surface area contributed by atoms with Crippen molar-refractivity contribution < 1.29 is 9.53 Å². The standard InChI is InChI=1S/C21H29ClO2/c1-13(2)14-7-9-16-15(18(14)22)8-10-17-20(16,3)11-6-12-21(17,4)19(23)24-5/h7,9,13,17H,6,8,10-12H2,1-5H3. The molecule has 0 aliphatic heterocycles. The molecular formula is C21H29ClO2. The summed E-state index contributed by atoms with van der Waals surface area (Å²) >= 11 is 6.78. The van der Waals surface area contributed by atoms with Crippen molar-refractivity contribution in [1.82, 2.24) is 0 Å². The largest absolute Gasteiger partial charge is 0.469 e. The van der Waals surface area contributed by atoms with Gasteiger partial charge in [0.15, 0.2) is 0 Å². The van der Waals surface area contributed by atoms with Gasteiger partial charge in [-0.25, -0.2) is 0 Å². The van der Waals surface area contributed by atoms with Crippen LogP contribution >= 0.6 is 11.6 Å². The normalized spacial score (nSPS) is 32.2. The van der Waals surface area contributed by atoms with E-state index in [9.17, 15) is 4.79 Å². The third-order valence-corrected chi connectivity index (χ3v) is 7.22. The van der Waals surface area contributed by atoms with Gasteiger partial charge in [-0.2, -0.15) is 0 Å². The number of hydrogen-bond acceptors (Lipinski definition) is 2. The number of carbonyl (C=O) groups is 1. The molecule has 3 heteroatoms. The summed E-state index contributed by atoms with van der Waals surface area (Å²) in [5.74, 6) is 0.700. The fraction of sp³-hybridized carbons (Fsp3) is 0.667. The van der Waals surface area contributed by atoms with Crippen LogP contribution in [-0.2, 0) is 21.4 Å². The van der Waals surface area contributed by atoms with Gasteiger partial charge in [0.2, 0.25) is 0 Å². The van der Waals surface area contributed by atoms with Crippen molar-refractivity contribution in [2.75, 3.05) is 7.11 Å². The Morgan fingerprint density at radius 1 is 1.29 bits per heavy atom. The molecule has 0 heterocycles. The first-order valence-corrected chi connectivity index (χ1v) is 9.53. The predicted molar refractivity (Wildman–Crippen MR) is 98.7 cm³/mol. The fourth-order valence-electron chi connectivity index (χ4n) is 5.46. The summed E-state index contributed by atoms with van der Waals surface area (Å²) in [5, 5.41) is 0.951. The molecule has 2 aliphatic rings. The van der Waals surface area contributed by atoms with Gasteiger partial charge in [-0.1, -0.05) is 50.9 Å². The van der Waals surface area contributed by atoms with E-state index in [-0.39, 0.29) is 16.8 Å². The fourth-order valence-corrected chi connectivity index (χ4v) is 5.94. The highest BCUT2D eigenvalue weighted by Crippen LogP contribution is 2.58. The van der Waals surface area contributed by atoms with Gasteiger partial charge in [0.05, 0.1) is 12.5 Å². The van der Waals surface area contributed by atoms with Crippen LogP contribution in [0, 0.1) is 11.3 Å². The summed E-state index contributed by atoms with van der Waals surface area (Å²) < 4.78 is 5.18. The summed E-state index contributed by atoms with van der Waals surface area (Å²) in [7, 11) is 1.52. The maximum Gasteiger partial charge on any atom is 0.311 e. The van der Waals surface area contributed by atoms with Crippen LogP contribution in [0.4, 0.5) is 0 Å². The average molecular weight is 349 g/mol. The Balaban J connectivity index is 2.11. The van der Waals surface area contributed by atoms with Crippen molar-refractivity contribution in [3.63, 3.8) is 0 Å². The number of rotatable bonds is 2. The Bertz CT molecular complexity index is 666. The van der Waals surface area contributed by atoms with Crippen LogP contribution in [0.5, 0.6) is 0 Å². The molecular weight excluding hydrogens is 320 g/mol. The van der Waals surface area contributed by atoms with Crippen LogP contribution in [0.2, 0.25) is 5.02 Å². The van der Waals surface area contributed by atoms with Crippen LogP contribution in [0.15, 0.2) is 12.1 Å². The molecule has 3 atom stereocenters. The van der Waals surface area contributed by atoms with Gasteiger partial charge in [-0.05, 0) is 66.5 Å². The first kappa shape index (κ1) is 17.8. The topological polar surface area (TPSA) is 26.3 Å². The second kappa shape index (κ2) is 6.05. The quantitative estimate of drug-likeness (QED) is 0.646. The number of ether oxygens (including phenoxy) is 1. The van der Waals surface area contributed by atoms with Crippen LogP contribution in [0.3, 0.4) is 0 Å². The van der Waals surface area contributed by atoms with Crippen molar-refractivity contribution in [3.8, 4) is 0 Å². The second-order valence-corrected chi connectivity index (χ2v) is 8.80. The maximum atomic E-state index is 12.6. The number of benzene rings is 1. The predicted octanol–water partition coefficient (Wildman–Crippen LogP) is 5.65. The maximum absolute atomic E-state index is 12.6. The average Bonchev–Trinajstić information content (AvgIpc) is 2.54. The Morgan fingerprint density at radius 2 is 2.00 bits per heavy atom. The molecule has 0 aromatic heterocycles. The Labute approximate surface area is 150 Å². The van der Waals surface area contributed by atoms with E-state index in [1.54, 1.807) is 0 Å². The van der Waals surface area contributed by atoms with E-state index in [2.05, 4.69) is 39.8 Å². The molecule has 1 aromatic carbocycles. The van der Waals surface area contributed by atoms with Crippen molar-refractivity contribution in [1.29, 1.82) is 0 Å². The zero-order chi connectivity index (χ0) is 17.7. The van der Waals surface area contributed by atoms with Gasteiger partial charge < -0.3 is 4.74 Å². The zero-order valence-electron chi connectivity index (χ0n) is 15.5. The highest BCUT2D eigenvalue weighted by Gasteiger charge is 2.55. The minimum Gasteiger partial charge on any atom is -0.469 e. The molecule has 3 unspecified atom stereocenters. The summed E-state index contributed by atoms with van der Waals surface area (Å²) in [6.07, 6.45) is 5.07. The summed E-state index contributed by atoms with van der Waals surface area (Å²) in [4.78, 5) is 12.6. The van der Waals surface area contributed by atoms with Crippen molar-refractivity contribution in [3.05, 3.63) is 33.8 Å². The van der Waals surface area contributed by atoms with Gasteiger partial charge in [0.1, 0.15) is 0 Å². The van der Waals surface area contributed by atoms with Gasteiger partial charge in [-0.3, -0.25) is 4.79 Å². The number of halogens is 1. The van der Waals surface area contributed by atoms with E-state index in [4.69, 9.17) is 16.3 Å². The molecule has 0 spiro atoms. The lowest BCUT2D eigenvalue weighted by Crippen LogP contribution is -2.52. The molecule has 2 aliphatic carbocycles. The molecule has 1 saturated carbocycles. The molecule has 3 rings (SSSR count). The molecule has 0 radical (unpaired) electrons. The van der Waals surface area contributed by atoms with E-state index in [1.165, 1.54) is 23.8 Å². The van der Waals surface area contributed by atoms with E-state index in [1.807, 2.05) is 0 Å². The van der Waals surface area contributed by atoms with Gasteiger partial charge in [0.25, 0.3) is 0 Å². The lowest BCUT2D eigenvalue weighted by atomic mass is 9.49. The number of esters is 1. The van der Waals surface area contributed by atoms with Crippen molar-refractivity contribution in [2.24, 2.45) is 11.3 Å². The monoisotopic (exact) mass is 348 g/mol. The Kier molecular flexibility index (Phi) is 4.49. The number of carbonyl (C=O) groups excluding carboxylic acids is 1. The minimum absolute atomic E-state index is 0.00786. The lowest BCUT2D eigenvalue weighted by molar-refractivity contribution is -0.161. The molecule has 0 N–H and O–H groups in total. The number of fused-ring (bicyclic) bond motifs is 3.